The van der Waals surface area contributed by atoms with E-state index in [1.807, 2.05) is 6.92 Å². The number of carbonyl (C=O) groups is 1. The summed E-state index contributed by atoms with van der Waals surface area (Å²) in [4.78, 5) is 20.2. The van der Waals surface area contributed by atoms with Gasteiger partial charge in [-0.05, 0) is 38.5 Å². The van der Waals surface area contributed by atoms with E-state index < -0.39 is 18.8 Å². The molecule has 0 aliphatic heterocycles. The molecule has 0 aliphatic carbocycles. The Labute approximate surface area is 164 Å². The number of halogens is 3. The second kappa shape index (κ2) is 8.06. The van der Waals surface area contributed by atoms with E-state index in [1.54, 1.807) is 36.9 Å². The Bertz CT molecular complexity index is 1030. The number of aryl methyl sites for hydroxylation is 1. The zero-order chi connectivity index (χ0) is 21.2. The highest BCUT2D eigenvalue weighted by Crippen LogP contribution is 2.26. The number of rotatable bonds is 6. The molecule has 29 heavy (non-hydrogen) atoms. The van der Waals surface area contributed by atoms with Gasteiger partial charge in [-0.3, -0.25) is 4.68 Å². The van der Waals surface area contributed by atoms with Gasteiger partial charge in [0.25, 0.3) is 0 Å². The zero-order valence-electron chi connectivity index (χ0n) is 16.0. The molecule has 1 atom stereocenters. The first-order valence-corrected chi connectivity index (χ1v) is 8.86. The number of alkyl halides is 3. The number of carbonyl (C=O) groups excluding carboxylic acids is 1. The molecule has 0 saturated carbocycles. The maximum absolute atomic E-state index is 12.3. The normalized spacial score (nSPS) is 12.8. The predicted molar refractivity (Wildman–Crippen MR) is 97.8 cm³/mol. The smallest absolute Gasteiger partial charge is 0.422 e. The van der Waals surface area contributed by atoms with E-state index in [4.69, 9.17) is 9.47 Å². The fourth-order valence-electron chi connectivity index (χ4n) is 2.79. The van der Waals surface area contributed by atoms with Gasteiger partial charge in [-0.2, -0.15) is 18.3 Å². The average molecular weight is 408 g/mol. The average Bonchev–Trinajstić information content (AvgIpc) is 3.10. The van der Waals surface area contributed by atoms with Crippen LogP contribution in [0.1, 0.15) is 41.5 Å². The van der Waals surface area contributed by atoms with Gasteiger partial charge in [-0.15, -0.1) is 0 Å². The van der Waals surface area contributed by atoms with Crippen molar-refractivity contribution in [1.29, 1.82) is 0 Å². The van der Waals surface area contributed by atoms with Gasteiger partial charge < -0.3 is 9.47 Å². The van der Waals surface area contributed by atoms with Crippen molar-refractivity contribution in [3.05, 3.63) is 47.5 Å². The standard InChI is InChI=1S/C19H19F3N4O3/c1-4-28-18(27)16-14-9-26(25-15(14)5-6-23-16)12(3)13-7-11(2)17(24-8-13)29-10-19(20,21)22/h5-9,12H,4,10H2,1-3H3. The molecule has 0 aliphatic rings. The number of pyridine rings is 2. The molecule has 3 heterocycles. The molecule has 0 amide bonds. The first-order chi connectivity index (χ1) is 13.7. The van der Waals surface area contributed by atoms with Gasteiger partial charge >= 0.3 is 12.1 Å². The Kier molecular flexibility index (Phi) is 5.71. The topological polar surface area (TPSA) is 79.1 Å². The molecule has 10 heteroatoms. The number of hydrogen-bond acceptors (Lipinski definition) is 6. The zero-order valence-corrected chi connectivity index (χ0v) is 16.0. The lowest BCUT2D eigenvalue weighted by Gasteiger charge is -2.15. The second-order valence-corrected chi connectivity index (χ2v) is 6.39. The van der Waals surface area contributed by atoms with Crippen molar-refractivity contribution in [2.45, 2.75) is 33.0 Å². The lowest BCUT2D eigenvalue weighted by molar-refractivity contribution is -0.154. The second-order valence-electron chi connectivity index (χ2n) is 6.39. The molecule has 7 nitrogen and oxygen atoms in total. The minimum absolute atomic E-state index is 0.0716. The van der Waals surface area contributed by atoms with E-state index >= 15 is 0 Å². The lowest BCUT2D eigenvalue weighted by Crippen LogP contribution is -2.20. The van der Waals surface area contributed by atoms with E-state index in [0.29, 0.717) is 16.5 Å². The summed E-state index contributed by atoms with van der Waals surface area (Å²) in [6.45, 7) is 4.02. The Morgan fingerprint density at radius 1 is 1.31 bits per heavy atom. The van der Waals surface area contributed by atoms with Crippen LogP contribution >= 0.6 is 0 Å². The maximum Gasteiger partial charge on any atom is 0.422 e. The molecule has 1 unspecified atom stereocenters. The minimum Gasteiger partial charge on any atom is -0.468 e. The van der Waals surface area contributed by atoms with Crippen molar-refractivity contribution < 1.29 is 27.4 Å². The molecule has 0 bridgehead atoms. The third-order valence-electron chi connectivity index (χ3n) is 4.22. The van der Waals surface area contributed by atoms with Gasteiger partial charge in [-0.1, -0.05) is 0 Å². The van der Waals surface area contributed by atoms with Gasteiger partial charge in [0, 0.05) is 24.2 Å². The Balaban J connectivity index is 1.87. The van der Waals surface area contributed by atoms with Gasteiger partial charge in [0.1, 0.15) is 0 Å². The molecule has 0 aromatic carbocycles. The van der Waals surface area contributed by atoms with Crippen molar-refractivity contribution in [2.75, 3.05) is 13.2 Å². The molecule has 0 fully saturated rings. The third-order valence-corrected chi connectivity index (χ3v) is 4.22. The molecule has 0 N–H and O–H groups in total. The molecular weight excluding hydrogens is 389 g/mol. The summed E-state index contributed by atoms with van der Waals surface area (Å²) < 4.78 is 48.4. The van der Waals surface area contributed by atoms with Crippen molar-refractivity contribution in [3.63, 3.8) is 0 Å². The predicted octanol–water partition coefficient (Wildman–Crippen LogP) is 3.86. The Hall–Kier alpha value is -3.17. The number of esters is 1. The fourth-order valence-corrected chi connectivity index (χ4v) is 2.79. The highest BCUT2D eigenvalue weighted by atomic mass is 19.4. The molecule has 0 radical (unpaired) electrons. The van der Waals surface area contributed by atoms with Crippen molar-refractivity contribution in [3.8, 4) is 5.88 Å². The van der Waals surface area contributed by atoms with Crippen LogP contribution in [-0.4, -0.2) is 45.1 Å². The van der Waals surface area contributed by atoms with Crippen LogP contribution in [0.3, 0.4) is 0 Å². The summed E-state index contributed by atoms with van der Waals surface area (Å²) in [6, 6.07) is 3.08. The summed E-state index contributed by atoms with van der Waals surface area (Å²) in [7, 11) is 0. The SMILES string of the molecule is CCOC(=O)c1nccc2nn(C(C)c3cnc(OCC(F)(F)F)c(C)c3)cc12. The van der Waals surface area contributed by atoms with Crippen LogP contribution in [0, 0.1) is 6.92 Å². The third kappa shape index (κ3) is 4.64. The van der Waals surface area contributed by atoms with Crippen LogP contribution in [0.2, 0.25) is 0 Å². The summed E-state index contributed by atoms with van der Waals surface area (Å²) in [6.07, 6.45) is 0.178. The first kappa shape index (κ1) is 20.6. The maximum atomic E-state index is 12.3. The van der Waals surface area contributed by atoms with E-state index in [1.165, 1.54) is 12.4 Å². The lowest BCUT2D eigenvalue weighted by atomic mass is 10.1. The molecule has 3 aromatic rings. The molecule has 0 saturated heterocycles. The highest BCUT2D eigenvalue weighted by Gasteiger charge is 2.29. The number of nitrogens with zero attached hydrogens (tertiary/aromatic N) is 4. The van der Waals surface area contributed by atoms with E-state index in [0.717, 1.165) is 5.56 Å². The quantitative estimate of drug-likeness (QED) is 0.577. The van der Waals surface area contributed by atoms with Gasteiger partial charge in [0.05, 0.1) is 23.6 Å². The first-order valence-electron chi connectivity index (χ1n) is 8.86. The van der Waals surface area contributed by atoms with E-state index in [9.17, 15) is 18.0 Å². The van der Waals surface area contributed by atoms with Crippen molar-refractivity contribution in [2.24, 2.45) is 0 Å². The van der Waals surface area contributed by atoms with Crippen LogP contribution < -0.4 is 4.74 Å². The van der Waals surface area contributed by atoms with Crippen LogP contribution in [0.4, 0.5) is 13.2 Å². The van der Waals surface area contributed by atoms with Gasteiger partial charge in [0.2, 0.25) is 5.88 Å². The monoisotopic (exact) mass is 408 g/mol. The molecular formula is C19H19F3N4O3. The number of ether oxygens (including phenoxy) is 2. The Morgan fingerprint density at radius 2 is 2.07 bits per heavy atom. The molecule has 3 rings (SSSR count). The molecule has 154 valence electrons. The van der Waals surface area contributed by atoms with Crippen molar-refractivity contribution in [1.82, 2.24) is 19.7 Å². The van der Waals surface area contributed by atoms with Gasteiger partial charge in [-0.25, -0.2) is 14.8 Å². The van der Waals surface area contributed by atoms with Crippen LogP contribution in [0.5, 0.6) is 5.88 Å². The molecule has 0 spiro atoms. The largest absolute Gasteiger partial charge is 0.468 e. The summed E-state index contributed by atoms with van der Waals surface area (Å²) >= 11 is 0. The number of fused-ring (bicyclic) bond motifs is 1. The van der Waals surface area contributed by atoms with Crippen molar-refractivity contribution >= 4 is 16.9 Å². The van der Waals surface area contributed by atoms with Crippen LogP contribution in [-0.2, 0) is 4.74 Å². The summed E-state index contributed by atoms with van der Waals surface area (Å²) in [5.41, 5.74) is 1.95. The summed E-state index contributed by atoms with van der Waals surface area (Å²) in [5, 5.41) is 5.02. The summed E-state index contributed by atoms with van der Waals surface area (Å²) in [5.74, 6) is -0.605. The molecule has 3 aromatic heterocycles. The number of aromatic nitrogens is 4. The Morgan fingerprint density at radius 3 is 2.72 bits per heavy atom. The fraction of sp³-hybridized carbons (Fsp3) is 0.368. The number of hydrogen-bond donors (Lipinski definition) is 0. The van der Waals surface area contributed by atoms with E-state index in [2.05, 4.69) is 15.1 Å². The highest BCUT2D eigenvalue weighted by molar-refractivity contribution is 6.01. The van der Waals surface area contributed by atoms with Gasteiger partial charge in [0.15, 0.2) is 12.3 Å². The van der Waals surface area contributed by atoms with Crippen LogP contribution in [0.15, 0.2) is 30.7 Å². The minimum atomic E-state index is -4.43. The van der Waals surface area contributed by atoms with Crippen LogP contribution in [0.25, 0.3) is 10.9 Å². The van der Waals surface area contributed by atoms with E-state index in [-0.39, 0.29) is 24.2 Å².